The van der Waals surface area contributed by atoms with Crippen LogP contribution in [0, 0.1) is 5.92 Å². The van der Waals surface area contributed by atoms with Gasteiger partial charge in [-0.1, -0.05) is 19.9 Å². The first-order valence-corrected chi connectivity index (χ1v) is 6.21. The van der Waals surface area contributed by atoms with Crippen LogP contribution >= 0.6 is 11.6 Å². The first-order chi connectivity index (χ1) is 8.10. The van der Waals surface area contributed by atoms with E-state index >= 15 is 0 Å². The number of halogens is 1. The molecule has 0 aliphatic heterocycles. The van der Waals surface area contributed by atoms with Crippen LogP contribution in [0.3, 0.4) is 0 Å². The fourth-order valence-electron chi connectivity index (χ4n) is 1.90. The van der Waals surface area contributed by atoms with Gasteiger partial charge in [0.1, 0.15) is 5.82 Å². The number of alkyl halides is 1. The van der Waals surface area contributed by atoms with E-state index in [0.717, 1.165) is 11.9 Å². The van der Waals surface area contributed by atoms with Gasteiger partial charge in [-0.25, -0.2) is 4.98 Å². The molecule has 1 aromatic carbocycles. The third-order valence-corrected chi connectivity index (χ3v) is 2.84. The van der Waals surface area contributed by atoms with E-state index in [0.29, 0.717) is 17.1 Å². The van der Waals surface area contributed by atoms with Crippen molar-refractivity contribution in [1.29, 1.82) is 0 Å². The van der Waals surface area contributed by atoms with E-state index in [2.05, 4.69) is 23.8 Å². The molecule has 0 aliphatic rings. The van der Waals surface area contributed by atoms with Gasteiger partial charge < -0.3 is 4.98 Å². The van der Waals surface area contributed by atoms with Crippen molar-refractivity contribution in [3.63, 3.8) is 0 Å². The lowest BCUT2D eigenvalue weighted by Crippen LogP contribution is -2.11. The summed E-state index contributed by atoms with van der Waals surface area (Å²) in [6, 6.07) is 5.79. The Labute approximate surface area is 105 Å². The molecule has 0 fully saturated rings. The zero-order valence-electron chi connectivity index (χ0n) is 9.96. The highest BCUT2D eigenvalue weighted by Gasteiger charge is 2.05. The van der Waals surface area contributed by atoms with E-state index < -0.39 is 0 Å². The number of H-pyrrole nitrogens is 1. The van der Waals surface area contributed by atoms with Gasteiger partial charge in [0.05, 0.1) is 16.8 Å². The standard InChI is InChI=1S/C13H15ClN2O/c1-8(2)5-9-3-4-10-11(6-9)15-12(7-14)16-13(10)17/h3-4,6,8H,5,7H2,1-2H3,(H,15,16,17). The van der Waals surface area contributed by atoms with Crippen LogP contribution < -0.4 is 5.56 Å². The molecule has 3 nitrogen and oxygen atoms in total. The van der Waals surface area contributed by atoms with Crippen LogP contribution in [0.15, 0.2) is 23.0 Å². The first kappa shape index (κ1) is 12.1. The maximum Gasteiger partial charge on any atom is 0.258 e. The van der Waals surface area contributed by atoms with Crippen molar-refractivity contribution in [2.75, 3.05) is 0 Å². The monoisotopic (exact) mass is 250 g/mol. The predicted molar refractivity (Wildman–Crippen MR) is 70.5 cm³/mol. The number of nitrogens with zero attached hydrogens (tertiary/aromatic N) is 1. The number of aromatic amines is 1. The fraction of sp³-hybridized carbons (Fsp3) is 0.385. The number of aromatic nitrogens is 2. The van der Waals surface area contributed by atoms with Gasteiger partial charge in [-0.05, 0) is 30.0 Å². The molecule has 17 heavy (non-hydrogen) atoms. The quantitative estimate of drug-likeness (QED) is 0.852. The van der Waals surface area contributed by atoms with Crippen molar-refractivity contribution in [2.45, 2.75) is 26.1 Å². The molecule has 2 rings (SSSR count). The van der Waals surface area contributed by atoms with Gasteiger partial charge in [0.25, 0.3) is 5.56 Å². The minimum atomic E-state index is -0.123. The Kier molecular flexibility index (Phi) is 3.48. The third kappa shape index (κ3) is 2.67. The first-order valence-electron chi connectivity index (χ1n) is 5.68. The average molecular weight is 251 g/mol. The lowest BCUT2D eigenvalue weighted by atomic mass is 10.0. The summed E-state index contributed by atoms with van der Waals surface area (Å²) in [5, 5.41) is 0.617. The topological polar surface area (TPSA) is 45.8 Å². The van der Waals surface area contributed by atoms with E-state index in [1.165, 1.54) is 5.56 Å². The molecule has 0 atom stereocenters. The Morgan fingerprint density at radius 2 is 2.18 bits per heavy atom. The summed E-state index contributed by atoms with van der Waals surface area (Å²) < 4.78 is 0. The van der Waals surface area contributed by atoms with Crippen molar-refractivity contribution < 1.29 is 0 Å². The Hall–Kier alpha value is -1.35. The van der Waals surface area contributed by atoms with Gasteiger partial charge in [-0.15, -0.1) is 11.6 Å². The van der Waals surface area contributed by atoms with Crippen LogP contribution in [0.4, 0.5) is 0 Å². The molecule has 0 saturated heterocycles. The number of hydrogen-bond acceptors (Lipinski definition) is 2. The molecule has 0 radical (unpaired) electrons. The highest BCUT2D eigenvalue weighted by Crippen LogP contribution is 2.14. The van der Waals surface area contributed by atoms with Crippen molar-refractivity contribution >= 4 is 22.5 Å². The number of benzene rings is 1. The normalized spacial score (nSPS) is 11.3. The average Bonchev–Trinajstić information content (AvgIpc) is 2.27. The number of nitrogens with one attached hydrogen (secondary N) is 1. The highest BCUT2D eigenvalue weighted by molar-refractivity contribution is 6.16. The molecule has 0 bridgehead atoms. The predicted octanol–water partition coefficient (Wildman–Crippen LogP) is 2.86. The lowest BCUT2D eigenvalue weighted by Gasteiger charge is -2.06. The van der Waals surface area contributed by atoms with Crippen LogP contribution in [0.2, 0.25) is 0 Å². The number of fused-ring (bicyclic) bond motifs is 1. The van der Waals surface area contributed by atoms with E-state index in [1.807, 2.05) is 18.2 Å². The van der Waals surface area contributed by atoms with Crippen LogP contribution in [0.5, 0.6) is 0 Å². The largest absolute Gasteiger partial charge is 0.309 e. The summed E-state index contributed by atoms with van der Waals surface area (Å²) in [6.45, 7) is 4.33. The minimum absolute atomic E-state index is 0.123. The van der Waals surface area contributed by atoms with E-state index in [4.69, 9.17) is 11.6 Å². The summed E-state index contributed by atoms with van der Waals surface area (Å²) >= 11 is 5.69. The van der Waals surface area contributed by atoms with E-state index in [-0.39, 0.29) is 11.4 Å². The van der Waals surface area contributed by atoms with Crippen molar-refractivity contribution in [3.8, 4) is 0 Å². The summed E-state index contributed by atoms with van der Waals surface area (Å²) in [5.41, 5.74) is 1.80. The zero-order chi connectivity index (χ0) is 12.4. The third-order valence-electron chi connectivity index (χ3n) is 2.59. The molecule has 0 spiro atoms. The molecular weight excluding hydrogens is 236 g/mol. The molecular formula is C13H15ClN2O. The molecule has 1 heterocycles. The van der Waals surface area contributed by atoms with Gasteiger partial charge in [0.2, 0.25) is 0 Å². The van der Waals surface area contributed by atoms with Gasteiger partial charge in [-0.3, -0.25) is 4.79 Å². The SMILES string of the molecule is CC(C)Cc1ccc2c(=O)[nH]c(CCl)nc2c1. The lowest BCUT2D eigenvalue weighted by molar-refractivity contribution is 0.647. The summed E-state index contributed by atoms with van der Waals surface area (Å²) in [6.07, 6.45) is 0.987. The minimum Gasteiger partial charge on any atom is -0.309 e. The second kappa shape index (κ2) is 4.88. The Balaban J connectivity index is 2.55. The number of hydrogen-bond donors (Lipinski definition) is 1. The summed E-state index contributed by atoms with van der Waals surface area (Å²) in [7, 11) is 0. The highest BCUT2D eigenvalue weighted by atomic mass is 35.5. The molecule has 1 aromatic heterocycles. The number of rotatable bonds is 3. The van der Waals surface area contributed by atoms with Crippen molar-refractivity contribution in [2.24, 2.45) is 5.92 Å². The molecule has 0 saturated carbocycles. The smallest absolute Gasteiger partial charge is 0.258 e. The van der Waals surface area contributed by atoms with Crippen LogP contribution in [0.1, 0.15) is 25.2 Å². The zero-order valence-corrected chi connectivity index (χ0v) is 10.7. The van der Waals surface area contributed by atoms with Crippen LogP contribution in [0.25, 0.3) is 10.9 Å². The summed E-state index contributed by atoms with van der Waals surface area (Å²) in [4.78, 5) is 18.7. The molecule has 2 aromatic rings. The second-order valence-electron chi connectivity index (χ2n) is 4.60. The van der Waals surface area contributed by atoms with E-state index in [1.54, 1.807) is 0 Å². The van der Waals surface area contributed by atoms with Gasteiger partial charge >= 0.3 is 0 Å². The Bertz CT molecular complexity index is 589. The molecule has 0 aliphatic carbocycles. The Morgan fingerprint density at radius 1 is 1.41 bits per heavy atom. The van der Waals surface area contributed by atoms with Gasteiger partial charge in [0.15, 0.2) is 0 Å². The van der Waals surface area contributed by atoms with E-state index in [9.17, 15) is 4.79 Å². The molecule has 0 unspecified atom stereocenters. The van der Waals surface area contributed by atoms with Crippen LogP contribution in [-0.2, 0) is 12.3 Å². The second-order valence-corrected chi connectivity index (χ2v) is 4.86. The van der Waals surface area contributed by atoms with Gasteiger partial charge in [0, 0.05) is 0 Å². The molecule has 4 heteroatoms. The Morgan fingerprint density at radius 3 is 2.82 bits per heavy atom. The fourth-order valence-corrected chi connectivity index (χ4v) is 2.02. The molecule has 1 N–H and O–H groups in total. The summed E-state index contributed by atoms with van der Waals surface area (Å²) in [5.74, 6) is 1.33. The van der Waals surface area contributed by atoms with Gasteiger partial charge in [-0.2, -0.15) is 0 Å². The molecule has 90 valence electrons. The molecule has 0 amide bonds. The maximum absolute atomic E-state index is 11.7. The van der Waals surface area contributed by atoms with Crippen molar-refractivity contribution in [1.82, 2.24) is 9.97 Å². The van der Waals surface area contributed by atoms with Crippen molar-refractivity contribution in [3.05, 3.63) is 39.9 Å². The maximum atomic E-state index is 11.7. The van der Waals surface area contributed by atoms with Crippen LogP contribution in [-0.4, -0.2) is 9.97 Å².